The van der Waals surface area contributed by atoms with E-state index in [1.165, 1.54) is 13.1 Å². The number of morpholine rings is 1. The molecule has 1 aliphatic rings. The Morgan fingerprint density at radius 1 is 1.25 bits per heavy atom. The first-order valence-electron chi connectivity index (χ1n) is 7.83. The molecule has 0 spiro atoms. The number of nitriles is 1. The van der Waals surface area contributed by atoms with E-state index in [1.54, 1.807) is 29.2 Å². The highest BCUT2D eigenvalue weighted by atomic mass is 16.5. The van der Waals surface area contributed by atoms with Crippen LogP contribution < -0.4 is 5.32 Å². The van der Waals surface area contributed by atoms with Gasteiger partial charge in [0, 0.05) is 30.5 Å². The number of hydrogen-bond donors (Lipinski definition) is 1. The summed E-state index contributed by atoms with van der Waals surface area (Å²) in [5, 5.41) is 12.2. The monoisotopic (exact) mass is 327 g/mol. The van der Waals surface area contributed by atoms with Crippen LogP contribution in [0.5, 0.6) is 0 Å². The number of carbonyl (C=O) groups excluding carboxylic acids is 2. The van der Waals surface area contributed by atoms with Crippen molar-refractivity contribution >= 4 is 17.4 Å². The number of carbonyl (C=O) groups is 2. The summed E-state index contributed by atoms with van der Waals surface area (Å²) in [7, 11) is 0. The predicted molar refractivity (Wildman–Crippen MR) is 90.4 cm³/mol. The lowest BCUT2D eigenvalue weighted by Crippen LogP contribution is -2.48. The molecule has 2 atom stereocenters. The molecule has 1 amide bonds. The van der Waals surface area contributed by atoms with Crippen LogP contribution in [0.15, 0.2) is 36.0 Å². The van der Waals surface area contributed by atoms with Gasteiger partial charge >= 0.3 is 0 Å². The van der Waals surface area contributed by atoms with Crippen LogP contribution in [0.25, 0.3) is 0 Å². The topological polar surface area (TPSA) is 82.4 Å². The van der Waals surface area contributed by atoms with Gasteiger partial charge in [0.15, 0.2) is 5.78 Å². The van der Waals surface area contributed by atoms with Gasteiger partial charge in [-0.05, 0) is 45.0 Å². The number of nitrogens with one attached hydrogen (secondary N) is 1. The Labute approximate surface area is 141 Å². The lowest BCUT2D eigenvalue weighted by molar-refractivity contribution is -0.138. The molecule has 1 heterocycles. The van der Waals surface area contributed by atoms with Crippen molar-refractivity contribution in [3.8, 4) is 6.07 Å². The molecular weight excluding hydrogens is 306 g/mol. The van der Waals surface area contributed by atoms with Crippen molar-refractivity contribution < 1.29 is 14.3 Å². The first-order chi connectivity index (χ1) is 11.4. The normalized spacial score (nSPS) is 21.1. The van der Waals surface area contributed by atoms with Gasteiger partial charge in [-0.25, -0.2) is 0 Å². The van der Waals surface area contributed by atoms with Crippen LogP contribution in [0.1, 0.15) is 31.1 Å². The van der Waals surface area contributed by atoms with E-state index in [9.17, 15) is 14.9 Å². The van der Waals surface area contributed by atoms with E-state index >= 15 is 0 Å². The van der Waals surface area contributed by atoms with Crippen molar-refractivity contribution in [2.75, 3.05) is 18.4 Å². The molecule has 1 saturated heterocycles. The summed E-state index contributed by atoms with van der Waals surface area (Å²) in [5.41, 5.74) is 1.34. The Bertz CT molecular complexity index is 678. The smallest absolute Gasteiger partial charge is 0.266 e. The third-order valence-electron chi connectivity index (χ3n) is 3.73. The molecule has 6 heteroatoms. The number of anilines is 1. The van der Waals surface area contributed by atoms with E-state index < -0.39 is 0 Å². The predicted octanol–water partition coefficient (Wildman–Crippen LogP) is 2.34. The Morgan fingerprint density at radius 2 is 1.83 bits per heavy atom. The van der Waals surface area contributed by atoms with Crippen molar-refractivity contribution in [3.63, 3.8) is 0 Å². The van der Waals surface area contributed by atoms with E-state index in [-0.39, 0.29) is 29.5 Å². The van der Waals surface area contributed by atoms with Crippen molar-refractivity contribution in [1.29, 1.82) is 5.26 Å². The number of Topliss-reactive ketones (excluding diaryl/α,β-unsaturated/α-hetero) is 1. The van der Waals surface area contributed by atoms with Gasteiger partial charge in [0.2, 0.25) is 0 Å². The van der Waals surface area contributed by atoms with Gasteiger partial charge in [0.05, 0.1) is 12.2 Å². The summed E-state index contributed by atoms with van der Waals surface area (Å²) in [6.45, 7) is 6.24. The number of hydrogen-bond acceptors (Lipinski definition) is 5. The fraction of sp³-hybridized carbons (Fsp3) is 0.389. The zero-order valence-electron chi connectivity index (χ0n) is 14.1. The fourth-order valence-electron chi connectivity index (χ4n) is 2.61. The second-order valence-corrected chi connectivity index (χ2v) is 5.92. The average molecular weight is 327 g/mol. The standard InChI is InChI=1S/C18H21N3O3/c1-12-10-21(11-13(2)24-12)18(23)16(8-19)9-20-17-6-4-15(5-7-17)14(3)22/h4-7,9,12-13,20H,10-11H2,1-3H3/b16-9-. The van der Waals surface area contributed by atoms with Gasteiger partial charge in [-0.3, -0.25) is 9.59 Å². The SMILES string of the molecule is CC(=O)c1ccc(N/C=C(/C#N)C(=O)N2CC(C)OC(C)C2)cc1. The van der Waals surface area contributed by atoms with Crippen LogP contribution in [-0.2, 0) is 9.53 Å². The van der Waals surface area contributed by atoms with Crippen LogP contribution in [0.3, 0.4) is 0 Å². The number of nitrogens with zero attached hydrogens (tertiary/aromatic N) is 2. The largest absolute Gasteiger partial charge is 0.372 e. The summed E-state index contributed by atoms with van der Waals surface area (Å²) in [6.07, 6.45) is 1.30. The summed E-state index contributed by atoms with van der Waals surface area (Å²) in [6, 6.07) is 8.78. The molecule has 2 unspecified atom stereocenters. The lowest BCUT2D eigenvalue weighted by Gasteiger charge is -2.35. The van der Waals surface area contributed by atoms with Crippen LogP contribution in [0.4, 0.5) is 5.69 Å². The van der Waals surface area contributed by atoms with Gasteiger partial charge in [-0.15, -0.1) is 0 Å². The zero-order valence-corrected chi connectivity index (χ0v) is 14.1. The lowest BCUT2D eigenvalue weighted by atomic mass is 10.1. The second-order valence-electron chi connectivity index (χ2n) is 5.92. The number of rotatable bonds is 4. The summed E-state index contributed by atoms with van der Waals surface area (Å²) in [5.74, 6) is -0.326. The molecule has 0 bridgehead atoms. The van der Waals surface area contributed by atoms with E-state index in [0.717, 1.165) is 0 Å². The first kappa shape index (κ1) is 17.7. The van der Waals surface area contributed by atoms with Crippen LogP contribution in [-0.4, -0.2) is 41.9 Å². The van der Waals surface area contributed by atoms with Crippen molar-refractivity contribution in [2.45, 2.75) is 33.0 Å². The molecule has 1 aromatic carbocycles. The van der Waals surface area contributed by atoms with E-state index in [2.05, 4.69) is 5.32 Å². The Morgan fingerprint density at radius 3 is 2.33 bits per heavy atom. The highest BCUT2D eigenvalue weighted by Crippen LogP contribution is 2.15. The highest BCUT2D eigenvalue weighted by Gasteiger charge is 2.27. The molecule has 1 aliphatic heterocycles. The molecule has 1 fully saturated rings. The van der Waals surface area contributed by atoms with E-state index in [4.69, 9.17) is 4.74 Å². The van der Waals surface area contributed by atoms with Crippen LogP contribution in [0, 0.1) is 11.3 Å². The van der Waals surface area contributed by atoms with Crippen molar-refractivity contribution in [3.05, 3.63) is 41.6 Å². The molecule has 0 aliphatic carbocycles. The molecule has 0 radical (unpaired) electrons. The van der Waals surface area contributed by atoms with Crippen molar-refractivity contribution in [1.82, 2.24) is 4.90 Å². The Kier molecular flexibility index (Phi) is 5.72. The van der Waals surface area contributed by atoms with Crippen LogP contribution in [0.2, 0.25) is 0 Å². The summed E-state index contributed by atoms with van der Waals surface area (Å²) < 4.78 is 5.60. The highest BCUT2D eigenvalue weighted by molar-refractivity contribution is 5.97. The van der Waals surface area contributed by atoms with Crippen LogP contribution >= 0.6 is 0 Å². The minimum Gasteiger partial charge on any atom is -0.372 e. The average Bonchev–Trinajstić information content (AvgIpc) is 2.54. The molecule has 0 aromatic heterocycles. The molecule has 2 rings (SSSR count). The maximum atomic E-state index is 12.5. The zero-order chi connectivity index (χ0) is 17.7. The molecule has 6 nitrogen and oxygen atoms in total. The van der Waals surface area contributed by atoms with E-state index in [1.807, 2.05) is 19.9 Å². The molecular formula is C18H21N3O3. The molecule has 1 aromatic rings. The number of amides is 1. The number of ketones is 1. The molecule has 126 valence electrons. The van der Waals surface area contributed by atoms with Gasteiger partial charge < -0.3 is 15.0 Å². The van der Waals surface area contributed by atoms with Gasteiger partial charge in [0.25, 0.3) is 5.91 Å². The first-order valence-corrected chi connectivity index (χ1v) is 7.83. The van der Waals surface area contributed by atoms with Gasteiger partial charge in [0.1, 0.15) is 11.6 Å². The minimum atomic E-state index is -0.313. The summed E-state index contributed by atoms with van der Waals surface area (Å²) >= 11 is 0. The maximum Gasteiger partial charge on any atom is 0.266 e. The number of benzene rings is 1. The summed E-state index contributed by atoms with van der Waals surface area (Å²) in [4.78, 5) is 25.4. The second kappa shape index (κ2) is 7.75. The number of ether oxygens (including phenoxy) is 1. The van der Waals surface area contributed by atoms with Crippen molar-refractivity contribution in [2.24, 2.45) is 0 Å². The quantitative estimate of drug-likeness (QED) is 0.521. The third-order valence-corrected chi connectivity index (χ3v) is 3.73. The fourth-order valence-corrected chi connectivity index (χ4v) is 2.61. The molecule has 1 N–H and O–H groups in total. The van der Waals surface area contributed by atoms with Gasteiger partial charge in [-0.2, -0.15) is 5.26 Å². The maximum absolute atomic E-state index is 12.5. The molecule has 24 heavy (non-hydrogen) atoms. The molecule has 0 saturated carbocycles. The third kappa shape index (κ3) is 4.43. The van der Waals surface area contributed by atoms with E-state index in [0.29, 0.717) is 24.3 Å². The minimum absolute atomic E-state index is 0.0134. The Balaban J connectivity index is 2.07. The Hall–Kier alpha value is -2.65. The van der Waals surface area contributed by atoms with Gasteiger partial charge in [-0.1, -0.05) is 0 Å².